The van der Waals surface area contributed by atoms with Crippen molar-refractivity contribution in [3.63, 3.8) is 0 Å². The van der Waals surface area contributed by atoms with Gasteiger partial charge in [0.1, 0.15) is 18.6 Å². The molecule has 0 saturated heterocycles. The highest BCUT2D eigenvalue weighted by molar-refractivity contribution is 5.76. The van der Waals surface area contributed by atoms with Crippen molar-refractivity contribution in [2.24, 2.45) is 5.41 Å². The fourth-order valence-electron chi connectivity index (χ4n) is 1.83. The van der Waals surface area contributed by atoms with Crippen molar-refractivity contribution < 1.29 is 29.0 Å². The second-order valence-corrected chi connectivity index (χ2v) is 6.10. The zero-order valence-electron chi connectivity index (χ0n) is 14.6. The average Bonchev–Trinajstić information content (AvgIpc) is 2.51. The van der Waals surface area contributed by atoms with Crippen molar-refractivity contribution in [3.8, 4) is 0 Å². The Balaban J connectivity index is 4.26. The van der Waals surface area contributed by atoms with Crippen LogP contribution in [0.25, 0.3) is 0 Å². The maximum atomic E-state index is 11.6. The van der Waals surface area contributed by atoms with E-state index in [1.165, 1.54) is 6.92 Å². The van der Waals surface area contributed by atoms with Crippen LogP contribution in [0.1, 0.15) is 72.1 Å². The molecule has 23 heavy (non-hydrogen) atoms. The van der Waals surface area contributed by atoms with Crippen molar-refractivity contribution in [1.82, 2.24) is 0 Å². The molecule has 0 bridgehead atoms. The van der Waals surface area contributed by atoms with Crippen LogP contribution in [-0.4, -0.2) is 36.2 Å². The van der Waals surface area contributed by atoms with E-state index in [0.717, 1.165) is 38.5 Å². The Morgan fingerprint density at radius 3 is 1.52 bits per heavy atom. The van der Waals surface area contributed by atoms with E-state index in [2.05, 4.69) is 0 Å². The quantitative estimate of drug-likeness (QED) is 0.411. The zero-order chi connectivity index (χ0) is 17.7. The van der Waals surface area contributed by atoms with Crippen molar-refractivity contribution >= 4 is 17.9 Å². The van der Waals surface area contributed by atoms with E-state index in [4.69, 9.17) is 9.47 Å². The minimum absolute atomic E-state index is 0.278. The second-order valence-electron chi connectivity index (χ2n) is 6.10. The van der Waals surface area contributed by atoms with Crippen LogP contribution in [0.15, 0.2) is 0 Å². The molecule has 0 radical (unpaired) electrons. The van der Waals surface area contributed by atoms with Crippen LogP contribution in [0.2, 0.25) is 0 Å². The molecular weight excluding hydrogens is 300 g/mol. The molecule has 0 aliphatic rings. The SMILES string of the molecule is CCCCCC(=O)OCC(C)(COC(=O)CCCCC)C(=O)O. The number of esters is 2. The Morgan fingerprint density at radius 1 is 0.826 bits per heavy atom. The first-order valence-electron chi connectivity index (χ1n) is 8.40. The molecule has 6 heteroatoms. The molecule has 0 aliphatic heterocycles. The van der Waals surface area contributed by atoms with Crippen LogP contribution in [0.5, 0.6) is 0 Å². The molecule has 0 aromatic carbocycles. The smallest absolute Gasteiger partial charge is 0.316 e. The molecule has 0 aromatic heterocycles. The fourth-order valence-corrected chi connectivity index (χ4v) is 1.83. The molecule has 0 rings (SSSR count). The van der Waals surface area contributed by atoms with Gasteiger partial charge >= 0.3 is 17.9 Å². The van der Waals surface area contributed by atoms with E-state index >= 15 is 0 Å². The number of unbranched alkanes of at least 4 members (excludes halogenated alkanes) is 4. The summed E-state index contributed by atoms with van der Waals surface area (Å²) >= 11 is 0. The molecule has 0 unspecified atom stereocenters. The van der Waals surface area contributed by atoms with Crippen LogP contribution >= 0.6 is 0 Å². The maximum Gasteiger partial charge on any atom is 0.316 e. The Hall–Kier alpha value is -1.59. The van der Waals surface area contributed by atoms with Crippen LogP contribution in [0.4, 0.5) is 0 Å². The summed E-state index contributed by atoms with van der Waals surface area (Å²) in [5, 5.41) is 9.30. The van der Waals surface area contributed by atoms with Gasteiger partial charge < -0.3 is 14.6 Å². The topological polar surface area (TPSA) is 89.9 Å². The average molecular weight is 330 g/mol. The summed E-state index contributed by atoms with van der Waals surface area (Å²) in [5.74, 6) is -1.99. The highest BCUT2D eigenvalue weighted by atomic mass is 16.6. The first-order valence-corrected chi connectivity index (χ1v) is 8.40. The number of carbonyl (C=O) groups excluding carboxylic acids is 2. The largest absolute Gasteiger partial charge is 0.481 e. The summed E-state index contributed by atoms with van der Waals surface area (Å²) in [5.41, 5.74) is -1.42. The lowest BCUT2D eigenvalue weighted by atomic mass is 9.93. The van der Waals surface area contributed by atoms with Gasteiger partial charge in [-0.15, -0.1) is 0 Å². The van der Waals surface area contributed by atoms with Gasteiger partial charge in [0.05, 0.1) is 0 Å². The molecule has 1 N–H and O–H groups in total. The van der Waals surface area contributed by atoms with E-state index < -0.39 is 23.3 Å². The van der Waals surface area contributed by atoms with E-state index in [9.17, 15) is 19.5 Å². The standard InChI is InChI=1S/C17H30O6/c1-4-6-8-10-14(18)22-12-17(3,16(20)21)13-23-15(19)11-9-7-5-2/h4-13H2,1-3H3,(H,20,21). The monoisotopic (exact) mass is 330 g/mol. The molecule has 0 aliphatic carbocycles. The van der Waals surface area contributed by atoms with Gasteiger partial charge in [0, 0.05) is 12.8 Å². The number of ether oxygens (including phenoxy) is 2. The van der Waals surface area contributed by atoms with Gasteiger partial charge in [-0.25, -0.2) is 0 Å². The minimum Gasteiger partial charge on any atom is -0.481 e. The number of rotatable bonds is 13. The predicted molar refractivity (Wildman–Crippen MR) is 85.9 cm³/mol. The summed E-state index contributed by atoms with van der Waals surface area (Å²) in [6.07, 6.45) is 5.86. The Kier molecular flexibility index (Phi) is 11.1. The third kappa shape index (κ3) is 9.92. The van der Waals surface area contributed by atoms with Crippen molar-refractivity contribution in [3.05, 3.63) is 0 Å². The molecule has 0 heterocycles. The lowest BCUT2D eigenvalue weighted by Crippen LogP contribution is -2.39. The predicted octanol–water partition coefficient (Wildman–Crippen LogP) is 3.32. The van der Waals surface area contributed by atoms with E-state index in [1.807, 2.05) is 13.8 Å². The third-order valence-electron chi connectivity index (χ3n) is 3.59. The molecule has 0 spiro atoms. The Labute approximate surface area is 138 Å². The lowest BCUT2D eigenvalue weighted by Gasteiger charge is -2.24. The first-order chi connectivity index (χ1) is 10.9. The molecule has 0 fully saturated rings. The van der Waals surface area contributed by atoms with Crippen molar-refractivity contribution in [2.45, 2.75) is 72.1 Å². The number of hydrogen-bond donors (Lipinski definition) is 1. The fraction of sp³-hybridized carbons (Fsp3) is 0.824. The molecular formula is C17H30O6. The first kappa shape index (κ1) is 21.4. The van der Waals surface area contributed by atoms with E-state index in [1.54, 1.807) is 0 Å². The Morgan fingerprint density at radius 2 is 1.22 bits per heavy atom. The third-order valence-corrected chi connectivity index (χ3v) is 3.59. The van der Waals surface area contributed by atoms with Crippen LogP contribution in [0.3, 0.4) is 0 Å². The summed E-state index contributed by atoms with van der Waals surface area (Å²) in [6.45, 7) is 4.88. The summed E-state index contributed by atoms with van der Waals surface area (Å²) < 4.78 is 10.1. The summed E-state index contributed by atoms with van der Waals surface area (Å²) in [4.78, 5) is 34.5. The van der Waals surface area contributed by atoms with Crippen LogP contribution in [-0.2, 0) is 23.9 Å². The molecule has 0 amide bonds. The van der Waals surface area contributed by atoms with Crippen LogP contribution in [0, 0.1) is 5.41 Å². The molecule has 6 nitrogen and oxygen atoms in total. The van der Waals surface area contributed by atoms with Gasteiger partial charge in [0.25, 0.3) is 0 Å². The lowest BCUT2D eigenvalue weighted by molar-refractivity contribution is -0.165. The number of hydrogen-bond acceptors (Lipinski definition) is 5. The van der Waals surface area contributed by atoms with Gasteiger partial charge in [0.2, 0.25) is 0 Å². The number of aliphatic carboxylic acids is 1. The number of carboxylic acids is 1. The second kappa shape index (κ2) is 11.9. The minimum atomic E-state index is -1.42. The highest BCUT2D eigenvalue weighted by Gasteiger charge is 2.36. The van der Waals surface area contributed by atoms with Gasteiger partial charge in [0.15, 0.2) is 0 Å². The molecule has 0 aromatic rings. The number of carbonyl (C=O) groups is 3. The summed E-state index contributed by atoms with van der Waals surface area (Å²) in [6, 6.07) is 0. The summed E-state index contributed by atoms with van der Waals surface area (Å²) in [7, 11) is 0. The maximum absolute atomic E-state index is 11.6. The van der Waals surface area contributed by atoms with Crippen LogP contribution < -0.4 is 0 Å². The van der Waals surface area contributed by atoms with E-state index in [0.29, 0.717) is 0 Å². The van der Waals surface area contributed by atoms with E-state index in [-0.39, 0.29) is 26.1 Å². The Bertz CT molecular complexity index is 351. The normalized spacial score (nSPS) is 11.1. The highest BCUT2D eigenvalue weighted by Crippen LogP contribution is 2.19. The molecule has 0 saturated carbocycles. The van der Waals surface area contributed by atoms with Gasteiger partial charge in [-0.3, -0.25) is 14.4 Å². The van der Waals surface area contributed by atoms with Gasteiger partial charge in [-0.05, 0) is 19.8 Å². The van der Waals surface area contributed by atoms with Crippen molar-refractivity contribution in [1.29, 1.82) is 0 Å². The van der Waals surface area contributed by atoms with Crippen molar-refractivity contribution in [2.75, 3.05) is 13.2 Å². The van der Waals surface area contributed by atoms with Gasteiger partial charge in [-0.1, -0.05) is 39.5 Å². The molecule has 134 valence electrons. The number of carboxylic acid groups (broad SMARTS) is 1. The zero-order valence-corrected chi connectivity index (χ0v) is 14.6. The molecule has 0 atom stereocenters. The van der Waals surface area contributed by atoms with Gasteiger partial charge in [-0.2, -0.15) is 0 Å².